The zero-order valence-corrected chi connectivity index (χ0v) is 13.3. The minimum atomic E-state index is 0.637. The predicted octanol–water partition coefficient (Wildman–Crippen LogP) is 3.59. The molecule has 0 bridgehead atoms. The average Bonchev–Trinajstić information content (AvgIpc) is 3.03. The smallest absolute Gasteiger partial charge is 0.208 e. The summed E-state index contributed by atoms with van der Waals surface area (Å²) in [4.78, 5) is 3.45. The monoisotopic (exact) mass is 309 g/mol. The molecule has 0 radical (unpaired) electrons. The van der Waals surface area contributed by atoms with Crippen LogP contribution < -0.4 is 4.90 Å². The zero-order chi connectivity index (χ0) is 13.2. The molecule has 3 nitrogen and oxygen atoms in total. The first-order valence-electron chi connectivity index (χ1n) is 6.09. The fraction of sp³-hybridized carbons (Fsp3) is 0.385. The number of benzene rings is 1. The largest absolute Gasteiger partial charge is 0.353 e. The standard InChI is InChI=1S/C13H15N3S3/c1-16(2)12-14-15-13(19-12)18-8-9-7-17-11-6-4-3-5-10(9)11/h3-6,9H,7-8H2,1-2H3. The van der Waals surface area contributed by atoms with E-state index in [0.29, 0.717) is 5.92 Å². The van der Waals surface area contributed by atoms with Crippen molar-refractivity contribution in [2.45, 2.75) is 15.2 Å². The van der Waals surface area contributed by atoms with Gasteiger partial charge >= 0.3 is 0 Å². The van der Waals surface area contributed by atoms with Crippen molar-refractivity contribution in [3.8, 4) is 0 Å². The van der Waals surface area contributed by atoms with Gasteiger partial charge < -0.3 is 4.90 Å². The number of nitrogens with zero attached hydrogens (tertiary/aromatic N) is 3. The Morgan fingerprint density at radius 1 is 1.32 bits per heavy atom. The van der Waals surface area contributed by atoms with Crippen molar-refractivity contribution in [3.05, 3.63) is 29.8 Å². The first-order valence-corrected chi connectivity index (χ1v) is 8.88. The van der Waals surface area contributed by atoms with Gasteiger partial charge in [-0.3, -0.25) is 0 Å². The Kier molecular flexibility index (Phi) is 4.00. The van der Waals surface area contributed by atoms with Gasteiger partial charge in [-0.2, -0.15) is 0 Å². The SMILES string of the molecule is CN(C)c1nnc(SCC2CSc3ccccc32)s1. The molecule has 0 saturated carbocycles. The summed E-state index contributed by atoms with van der Waals surface area (Å²) >= 11 is 5.46. The number of aromatic nitrogens is 2. The van der Waals surface area contributed by atoms with Gasteiger partial charge in [0.1, 0.15) is 0 Å². The number of hydrogen-bond acceptors (Lipinski definition) is 6. The van der Waals surface area contributed by atoms with Crippen molar-refractivity contribution < 1.29 is 0 Å². The molecular formula is C13H15N3S3. The molecule has 1 aliphatic rings. The number of rotatable bonds is 4. The van der Waals surface area contributed by atoms with E-state index < -0.39 is 0 Å². The van der Waals surface area contributed by atoms with E-state index in [4.69, 9.17) is 0 Å². The van der Waals surface area contributed by atoms with Crippen LogP contribution in [0.3, 0.4) is 0 Å². The Bertz CT molecular complexity index is 568. The highest BCUT2D eigenvalue weighted by Crippen LogP contribution is 2.42. The third-order valence-corrected chi connectivity index (χ3v) is 6.62. The molecule has 1 aliphatic heterocycles. The van der Waals surface area contributed by atoms with Crippen LogP contribution >= 0.6 is 34.9 Å². The van der Waals surface area contributed by atoms with Crippen molar-refractivity contribution in [2.24, 2.45) is 0 Å². The van der Waals surface area contributed by atoms with Crippen LogP contribution in [0.2, 0.25) is 0 Å². The lowest BCUT2D eigenvalue weighted by Crippen LogP contribution is -2.07. The van der Waals surface area contributed by atoms with Crippen LogP contribution in [0.25, 0.3) is 0 Å². The van der Waals surface area contributed by atoms with E-state index in [1.165, 1.54) is 16.2 Å². The van der Waals surface area contributed by atoms with Crippen LogP contribution in [0.15, 0.2) is 33.5 Å². The highest BCUT2D eigenvalue weighted by Gasteiger charge is 2.23. The summed E-state index contributed by atoms with van der Waals surface area (Å²) in [5, 5.41) is 9.39. The number of fused-ring (bicyclic) bond motifs is 1. The second-order valence-electron chi connectivity index (χ2n) is 4.60. The molecule has 0 spiro atoms. The molecule has 0 aliphatic carbocycles. The quantitative estimate of drug-likeness (QED) is 0.805. The van der Waals surface area contributed by atoms with Crippen molar-refractivity contribution in [1.82, 2.24) is 10.2 Å². The van der Waals surface area contributed by atoms with Crippen molar-refractivity contribution >= 4 is 40.0 Å². The summed E-state index contributed by atoms with van der Waals surface area (Å²) in [5.41, 5.74) is 1.50. The molecular weight excluding hydrogens is 294 g/mol. The van der Waals surface area contributed by atoms with E-state index in [0.717, 1.165) is 15.2 Å². The lowest BCUT2D eigenvalue weighted by molar-refractivity contribution is 0.893. The lowest BCUT2D eigenvalue weighted by atomic mass is 10.0. The summed E-state index contributed by atoms with van der Waals surface area (Å²) in [6.07, 6.45) is 0. The van der Waals surface area contributed by atoms with Crippen LogP contribution in [0, 0.1) is 0 Å². The van der Waals surface area contributed by atoms with Crippen LogP contribution in [-0.4, -0.2) is 35.8 Å². The molecule has 2 heterocycles. The fourth-order valence-electron chi connectivity index (χ4n) is 1.98. The van der Waals surface area contributed by atoms with E-state index >= 15 is 0 Å². The third kappa shape index (κ3) is 2.90. The molecule has 1 atom stereocenters. The van der Waals surface area contributed by atoms with Gasteiger partial charge in [-0.05, 0) is 11.6 Å². The van der Waals surface area contributed by atoms with Crippen LogP contribution in [0.1, 0.15) is 11.5 Å². The fourth-order valence-corrected chi connectivity index (χ4v) is 5.29. The Hall–Kier alpha value is -0.720. The van der Waals surface area contributed by atoms with Crippen LogP contribution in [0.4, 0.5) is 5.13 Å². The van der Waals surface area contributed by atoms with E-state index in [-0.39, 0.29) is 0 Å². The zero-order valence-electron chi connectivity index (χ0n) is 10.9. The normalized spacial score (nSPS) is 17.5. The van der Waals surface area contributed by atoms with E-state index in [1.807, 2.05) is 42.5 Å². The van der Waals surface area contributed by atoms with Gasteiger partial charge in [0.2, 0.25) is 5.13 Å². The van der Waals surface area contributed by atoms with Gasteiger partial charge in [-0.15, -0.1) is 22.0 Å². The Labute approximate surface area is 125 Å². The average molecular weight is 309 g/mol. The highest BCUT2D eigenvalue weighted by molar-refractivity contribution is 8.01. The Morgan fingerprint density at radius 2 is 2.16 bits per heavy atom. The first kappa shape index (κ1) is 13.3. The Balaban J connectivity index is 1.64. The maximum absolute atomic E-state index is 4.24. The maximum Gasteiger partial charge on any atom is 0.208 e. The van der Waals surface area contributed by atoms with Crippen molar-refractivity contribution in [2.75, 3.05) is 30.5 Å². The molecule has 1 unspecified atom stereocenters. The number of hydrogen-bond donors (Lipinski definition) is 0. The summed E-state index contributed by atoms with van der Waals surface area (Å²) in [6.45, 7) is 0. The van der Waals surface area contributed by atoms with Crippen LogP contribution in [-0.2, 0) is 0 Å². The van der Waals surface area contributed by atoms with Crippen molar-refractivity contribution in [3.63, 3.8) is 0 Å². The van der Waals surface area contributed by atoms with Gasteiger partial charge in [0.15, 0.2) is 4.34 Å². The lowest BCUT2D eigenvalue weighted by Gasteiger charge is -2.08. The molecule has 6 heteroatoms. The topological polar surface area (TPSA) is 29.0 Å². The predicted molar refractivity (Wildman–Crippen MR) is 84.9 cm³/mol. The summed E-state index contributed by atoms with van der Waals surface area (Å²) in [5.74, 6) is 2.91. The molecule has 2 aromatic rings. The molecule has 1 aromatic carbocycles. The molecule has 1 aromatic heterocycles. The van der Waals surface area contributed by atoms with Gasteiger partial charge in [0.25, 0.3) is 0 Å². The Morgan fingerprint density at radius 3 is 2.95 bits per heavy atom. The molecule has 3 rings (SSSR count). The third-order valence-electron chi connectivity index (χ3n) is 2.99. The minimum absolute atomic E-state index is 0.637. The van der Waals surface area contributed by atoms with E-state index in [1.54, 1.807) is 11.3 Å². The van der Waals surface area contributed by atoms with Gasteiger partial charge in [0.05, 0.1) is 0 Å². The molecule has 0 saturated heterocycles. The molecule has 0 amide bonds. The molecule has 19 heavy (non-hydrogen) atoms. The summed E-state index contributed by atoms with van der Waals surface area (Å²) < 4.78 is 1.07. The molecule has 0 fully saturated rings. The number of thioether (sulfide) groups is 2. The van der Waals surface area contributed by atoms with E-state index in [2.05, 4.69) is 34.5 Å². The molecule has 100 valence electrons. The van der Waals surface area contributed by atoms with Gasteiger partial charge in [-0.25, -0.2) is 0 Å². The maximum atomic E-state index is 4.24. The van der Waals surface area contributed by atoms with Gasteiger partial charge in [-0.1, -0.05) is 41.3 Å². The molecule has 0 N–H and O–H groups in total. The summed E-state index contributed by atoms with van der Waals surface area (Å²) in [6, 6.07) is 8.73. The summed E-state index contributed by atoms with van der Waals surface area (Å²) in [7, 11) is 4.00. The minimum Gasteiger partial charge on any atom is -0.353 e. The van der Waals surface area contributed by atoms with Gasteiger partial charge in [0, 0.05) is 36.4 Å². The first-order chi connectivity index (χ1) is 9.24. The van der Waals surface area contributed by atoms with Crippen molar-refractivity contribution in [1.29, 1.82) is 0 Å². The van der Waals surface area contributed by atoms with Crippen LogP contribution in [0.5, 0.6) is 0 Å². The second-order valence-corrected chi connectivity index (χ2v) is 7.89. The second kappa shape index (κ2) is 5.73. The highest BCUT2D eigenvalue weighted by atomic mass is 32.2. The number of anilines is 1. The van der Waals surface area contributed by atoms with E-state index in [9.17, 15) is 0 Å².